The third-order valence-electron chi connectivity index (χ3n) is 2.55. The highest BCUT2D eigenvalue weighted by Crippen LogP contribution is 2.29. The molecule has 0 radical (unpaired) electrons. The number of aliphatic hydroxyl groups excluding tert-OH is 1. The van der Waals surface area contributed by atoms with Crippen molar-refractivity contribution in [2.45, 2.75) is 13.8 Å². The fourth-order valence-electron chi connectivity index (χ4n) is 1.82. The van der Waals surface area contributed by atoms with E-state index in [9.17, 15) is 14.7 Å². The van der Waals surface area contributed by atoms with Gasteiger partial charge in [0.25, 0.3) is 0 Å². The lowest BCUT2D eigenvalue weighted by Gasteiger charge is -2.02. The van der Waals surface area contributed by atoms with E-state index in [1.807, 2.05) is 0 Å². The summed E-state index contributed by atoms with van der Waals surface area (Å²) in [7, 11) is 0. The second kappa shape index (κ2) is 3.97. The number of ketones is 2. The fraction of sp³-hybridized carbons (Fsp3) is 0.154. The molecule has 1 N–H and O–H groups in total. The molecule has 0 aliphatic carbocycles. The first-order valence-electron chi connectivity index (χ1n) is 5.16. The Balaban J connectivity index is 2.56. The molecule has 1 heterocycles. The summed E-state index contributed by atoms with van der Waals surface area (Å²) in [5.41, 5.74) is 1.01. The van der Waals surface area contributed by atoms with Crippen molar-refractivity contribution in [3.05, 3.63) is 41.2 Å². The van der Waals surface area contributed by atoms with Gasteiger partial charge >= 0.3 is 0 Å². The number of hydrogen-bond acceptors (Lipinski definition) is 4. The molecule has 1 aliphatic rings. The average Bonchev–Trinajstić information content (AvgIpc) is 2.56. The van der Waals surface area contributed by atoms with Gasteiger partial charge in [-0.1, -0.05) is 12.1 Å². The molecule has 0 fully saturated rings. The Morgan fingerprint density at radius 2 is 1.88 bits per heavy atom. The quantitative estimate of drug-likeness (QED) is 0.625. The predicted molar refractivity (Wildman–Crippen MR) is 63.9 cm³/mol. The van der Waals surface area contributed by atoms with E-state index >= 15 is 0 Å². The third-order valence-corrected chi connectivity index (χ3v) is 2.55. The van der Waals surface area contributed by atoms with Crippen molar-refractivity contribution in [2.24, 2.45) is 4.99 Å². The largest absolute Gasteiger partial charge is 0.512 e. The van der Waals surface area contributed by atoms with Gasteiger partial charge in [0.15, 0.2) is 5.78 Å². The van der Waals surface area contributed by atoms with Crippen LogP contribution in [-0.2, 0) is 4.79 Å². The second-order valence-electron chi connectivity index (χ2n) is 3.82. The molecule has 0 aromatic heterocycles. The Morgan fingerprint density at radius 1 is 1.24 bits per heavy atom. The van der Waals surface area contributed by atoms with Crippen LogP contribution in [0.4, 0.5) is 5.69 Å². The summed E-state index contributed by atoms with van der Waals surface area (Å²) in [4.78, 5) is 27.5. The van der Waals surface area contributed by atoms with Crippen LogP contribution < -0.4 is 0 Å². The maximum absolute atomic E-state index is 12.0. The number of allylic oxidation sites excluding steroid dienone is 2. The molecular formula is C13H11NO3. The van der Waals surface area contributed by atoms with Crippen LogP contribution >= 0.6 is 0 Å². The van der Waals surface area contributed by atoms with Crippen LogP contribution in [0.2, 0.25) is 0 Å². The minimum absolute atomic E-state index is 0.00815. The average molecular weight is 229 g/mol. The molecule has 17 heavy (non-hydrogen) atoms. The van der Waals surface area contributed by atoms with Crippen molar-refractivity contribution in [3.8, 4) is 0 Å². The fourth-order valence-corrected chi connectivity index (χ4v) is 1.82. The minimum atomic E-state index is -0.370. The molecule has 1 aliphatic heterocycles. The van der Waals surface area contributed by atoms with Crippen molar-refractivity contribution in [1.29, 1.82) is 0 Å². The van der Waals surface area contributed by atoms with Gasteiger partial charge < -0.3 is 5.11 Å². The van der Waals surface area contributed by atoms with Crippen molar-refractivity contribution in [2.75, 3.05) is 0 Å². The Hall–Kier alpha value is -2.23. The molecule has 0 amide bonds. The summed E-state index contributed by atoms with van der Waals surface area (Å²) >= 11 is 0. The summed E-state index contributed by atoms with van der Waals surface area (Å²) in [6, 6.07) is 6.85. The molecule has 4 heteroatoms. The van der Waals surface area contributed by atoms with Gasteiger partial charge in [-0.3, -0.25) is 9.59 Å². The van der Waals surface area contributed by atoms with Gasteiger partial charge in [-0.15, -0.1) is 0 Å². The van der Waals surface area contributed by atoms with Crippen molar-refractivity contribution in [1.82, 2.24) is 0 Å². The first kappa shape index (κ1) is 11.3. The second-order valence-corrected chi connectivity index (χ2v) is 3.82. The third kappa shape index (κ3) is 1.78. The van der Waals surface area contributed by atoms with Crippen molar-refractivity contribution >= 4 is 23.0 Å². The molecule has 86 valence electrons. The van der Waals surface area contributed by atoms with Gasteiger partial charge in [-0.05, 0) is 26.0 Å². The first-order chi connectivity index (χ1) is 8.02. The molecule has 1 aromatic rings. The normalized spacial score (nSPS) is 15.2. The molecule has 0 atom stereocenters. The number of fused-ring (bicyclic) bond motifs is 1. The van der Waals surface area contributed by atoms with Gasteiger partial charge in [-0.25, -0.2) is 4.99 Å². The van der Waals surface area contributed by atoms with E-state index < -0.39 is 0 Å². The highest BCUT2D eigenvalue weighted by Gasteiger charge is 2.30. The Labute approximate surface area is 98.3 Å². The van der Waals surface area contributed by atoms with Crippen LogP contribution in [0.3, 0.4) is 0 Å². The van der Waals surface area contributed by atoms with E-state index in [2.05, 4.69) is 4.99 Å². The van der Waals surface area contributed by atoms with Gasteiger partial charge in [0.05, 0.1) is 11.3 Å². The van der Waals surface area contributed by atoms with Crippen molar-refractivity contribution in [3.63, 3.8) is 0 Å². The van der Waals surface area contributed by atoms with Crippen LogP contribution in [0.5, 0.6) is 0 Å². The van der Waals surface area contributed by atoms with Gasteiger partial charge in [0.1, 0.15) is 11.5 Å². The summed E-state index contributed by atoms with van der Waals surface area (Å²) in [5, 5.41) is 9.47. The Morgan fingerprint density at radius 3 is 2.41 bits per heavy atom. The van der Waals surface area contributed by atoms with Gasteiger partial charge in [0.2, 0.25) is 5.78 Å². The lowest BCUT2D eigenvalue weighted by Crippen LogP contribution is -2.19. The molecule has 0 saturated heterocycles. The van der Waals surface area contributed by atoms with E-state index in [1.54, 1.807) is 24.3 Å². The van der Waals surface area contributed by atoms with Gasteiger partial charge in [0, 0.05) is 5.56 Å². The zero-order valence-electron chi connectivity index (χ0n) is 9.52. The first-order valence-corrected chi connectivity index (χ1v) is 5.16. The molecule has 0 spiro atoms. The number of aliphatic imine (C=N–C) groups is 1. The number of nitrogens with zero attached hydrogens (tertiary/aromatic N) is 1. The maximum Gasteiger partial charge on any atom is 0.214 e. The number of hydrogen-bond donors (Lipinski definition) is 1. The monoisotopic (exact) mass is 229 g/mol. The lowest BCUT2D eigenvalue weighted by molar-refractivity contribution is -0.113. The molecule has 1 aromatic carbocycles. The number of aliphatic hydroxyl groups is 1. The number of Topliss-reactive ketones (excluding diaryl/α,β-unsaturated/α-hetero) is 2. The number of carbonyl (C=O) groups excluding carboxylic acids is 2. The highest BCUT2D eigenvalue weighted by molar-refractivity contribution is 6.59. The van der Waals surface area contributed by atoms with Crippen LogP contribution in [0.1, 0.15) is 24.2 Å². The Bertz CT molecular complexity index is 578. The molecule has 0 unspecified atom stereocenters. The maximum atomic E-state index is 12.0. The summed E-state index contributed by atoms with van der Waals surface area (Å²) < 4.78 is 0. The zero-order valence-corrected chi connectivity index (χ0v) is 9.52. The molecule has 0 bridgehead atoms. The van der Waals surface area contributed by atoms with Crippen LogP contribution in [-0.4, -0.2) is 22.4 Å². The van der Waals surface area contributed by atoms with Crippen molar-refractivity contribution < 1.29 is 14.7 Å². The standard InChI is InChI=1S/C13H11NO3/c1-7(15)11(8(2)16)12-13(17)9-5-3-4-6-10(9)14-12/h3-6,15H,1-2H3/b11-7+. The number of para-hydroxylation sites is 1. The lowest BCUT2D eigenvalue weighted by atomic mass is 9.99. The van der Waals surface area contributed by atoms with E-state index in [0.717, 1.165) is 0 Å². The SMILES string of the molecule is CC(=O)/C(C1=Nc2ccccc2C1=O)=C(/C)O. The molecular weight excluding hydrogens is 218 g/mol. The summed E-state index contributed by atoms with van der Waals surface area (Å²) in [5.74, 6) is -0.874. The smallest absolute Gasteiger partial charge is 0.214 e. The zero-order chi connectivity index (χ0) is 12.6. The molecule has 0 saturated carbocycles. The van der Waals surface area contributed by atoms with E-state index in [0.29, 0.717) is 11.3 Å². The topological polar surface area (TPSA) is 66.7 Å². The molecule has 4 nitrogen and oxygen atoms in total. The van der Waals surface area contributed by atoms with E-state index in [1.165, 1.54) is 13.8 Å². The van der Waals surface area contributed by atoms with Crippen LogP contribution in [0, 0.1) is 0 Å². The number of benzene rings is 1. The van der Waals surface area contributed by atoms with Crippen LogP contribution in [0.15, 0.2) is 40.6 Å². The van der Waals surface area contributed by atoms with E-state index in [4.69, 9.17) is 0 Å². The molecule has 2 rings (SSSR count). The number of rotatable bonds is 2. The van der Waals surface area contributed by atoms with Crippen LogP contribution in [0.25, 0.3) is 0 Å². The van der Waals surface area contributed by atoms with E-state index in [-0.39, 0.29) is 28.6 Å². The summed E-state index contributed by atoms with van der Waals surface area (Å²) in [6.45, 7) is 2.67. The summed E-state index contributed by atoms with van der Waals surface area (Å²) in [6.07, 6.45) is 0. The number of carbonyl (C=O) groups is 2. The Kier molecular flexibility index (Phi) is 2.63. The minimum Gasteiger partial charge on any atom is -0.512 e. The van der Waals surface area contributed by atoms with Gasteiger partial charge in [-0.2, -0.15) is 0 Å². The highest BCUT2D eigenvalue weighted by atomic mass is 16.3. The predicted octanol–water partition coefficient (Wildman–Crippen LogP) is 2.38.